The maximum absolute atomic E-state index is 10.6. The second-order valence-corrected chi connectivity index (χ2v) is 5.02. The van der Waals surface area contributed by atoms with Crippen molar-refractivity contribution in [1.82, 2.24) is 0 Å². The number of hydrogen-bond donors (Lipinski definition) is 1. The first-order chi connectivity index (χ1) is 7.66. The molecule has 0 spiro atoms. The molecular formula is C13H20O3. The van der Waals surface area contributed by atoms with Gasteiger partial charge in [0.1, 0.15) is 0 Å². The van der Waals surface area contributed by atoms with E-state index in [2.05, 4.69) is 0 Å². The van der Waals surface area contributed by atoms with Crippen molar-refractivity contribution in [3.63, 3.8) is 0 Å². The molecule has 0 bridgehead atoms. The van der Waals surface area contributed by atoms with Gasteiger partial charge in [-0.2, -0.15) is 0 Å². The molecule has 1 saturated carbocycles. The molecule has 1 heterocycles. The highest BCUT2D eigenvalue weighted by atomic mass is 16.6. The standard InChI is InChI=1S/C13H20O3/c1-9(13(14)15)4-2-3-5-10-6-7-11-12(8-10)16-11/h4,10-12H,2-3,5-8H2,1H3,(H,14,15). The summed E-state index contributed by atoms with van der Waals surface area (Å²) >= 11 is 0. The molecule has 0 amide bonds. The zero-order valence-electron chi connectivity index (χ0n) is 9.82. The van der Waals surface area contributed by atoms with E-state index in [1.165, 1.54) is 25.7 Å². The summed E-state index contributed by atoms with van der Waals surface area (Å²) in [6.45, 7) is 1.66. The highest BCUT2D eigenvalue weighted by molar-refractivity contribution is 5.85. The van der Waals surface area contributed by atoms with Crippen molar-refractivity contribution in [2.24, 2.45) is 5.92 Å². The summed E-state index contributed by atoms with van der Waals surface area (Å²) in [6, 6.07) is 0. The van der Waals surface area contributed by atoms with Crippen LogP contribution in [0.15, 0.2) is 11.6 Å². The number of unbranched alkanes of at least 4 members (excludes halogenated alkanes) is 1. The summed E-state index contributed by atoms with van der Waals surface area (Å²) in [4.78, 5) is 10.6. The molecule has 90 valence electrons. The first-order valence-electron chi connectivity index (χ1n) is 6.22. The molecule has 1 aliphatic heterocycles. The van der Waals surface area contributed by atoms with Crippen LogP contribution in [0.5, 0.6) is 0 Å². The van der Waals surface area contributed by atoms with Gasteiger partial charge in [-0.15, -0.1) is 0 Å². The predicted molar refractivity (Wildman–Crippen MR) is 61.2 cm³/mol. The first kappa shape index (κ1) is 11.6. The van der Waals surface area contributed by atoms with Gasteiger partial charge in [-0.3, -0.25) is 0 Å². The van der Waals surface area contributed by atoms with E-state index >= 15 is 0 Å². The minimum atomic E-state index is -0.799. The van der Waals surface area contributed by atoms with E-state index in [0.717, 1.165) is 18.8 Å². The van der Waals surface area contributed by atoms with Gasteiger partial charge in [0.05, 0.1) is 12.2 Å². The fourth-order valence-electron chi connectivity index (χ4n) is 2.56. The van der Waals surface area contributed by atoms with Gasteiger partial charge in [0.2, 0.25) is 0 Å². The van der Waals surface area contributed by atoms with Gasteiger partial charge >= 0.3 is 5.97 Å². The van der Waals surface area contributed by atoms with E-state index < -0.39 is 5.97 Å². The van der Waals surface area contributed by atoms with Crippen LogP contribution in [0.2, 0.25) is 0 Å². The van der Waals surface area contributed by atoms with Crippen LogP contribution in [0.25, 0.3) is 0 Å². The smallest absolute Gasteiger partial charge is 0.330 e. The van der Waals surface area contributed by atoms with E-state index in [0.29, 0.717) is 17.8 Å². The molecule has 3 unspecified atom stereocenters. The lowest BCUT2D eigenvalue weighted by atomic mass is 9.86. The van der Waals surface area contributed by atoms with Gasteiger partial charge in [-0.05, 0) is 44.9 Å². The Kier molecular flexibility index (Phi) is 3.64. The van der Waals surface area contributed by atoms with Crippen molar-refractivity contribution in [2.75, 3.05) is 0 Å². The number of epoxide rings is 1. The maximum Gasteiger partial charge on any atom is 0.330 e. The second kappa shape index (κ2) is 5.00. The van der Waals surface area contributed by atoms with E-state index in [1.807, 2.05) is 6.08 Å². The van der Waals surface area contributed by atoms with Crippen molar-refractivity contribution >= 4 is 5.97 Å². The number of rotatable bonds is 5. The van der Waals surface area contributed by atoms with Crippen LogP contribution in [0.4, 0.5) is 0 Å². The molecule has 3 atom stereocenters. The molecule has 1 aliphatic carbocycles. The lowest BCUT2D eigenvalue weighted by Gasteiger charge is -2.17. The molecule has 2 fully saturated rings. The van der Waals surface area contributed by atoms with E-state index in [9.17, 15) is 4.79 Å². The lowest BCUT2D eigenvalue weighted by molar-refractivity contribution is -0.132. The monoisotopic (exact) mass is 224 g/mol. The van der Waals surface area contributed by atoms with Crippen LogP contribution in [0.1, 0.15) is 45.4 Å². The number of allylic oxidation sites excluding steroid dienone is 1. The SMILES string of the molecule is CC(=CCCCC1CCC2OC2C1)C(=O)O. The average molecular weight is 224 g/mol. The van der Waals surface area contributed by atoms with Gasteiger partial charge in [-0.25, -0.2) is 4.79 Å². The number of ether oxygens (including phenoxy) is 1. The topological polar surface area (TPSA) is 49.8 Å². The van der Waals surface area contributed by atoms with Crippen LogP contribution >= 0.6 is 0 Å². The molecule has 0 aromatic carbocycles. The van der Waals surface area contributed by atoms with Gasteiger partial charge in [0.25, 0.3) is 0 Å². The van der Waals surface area contributed by atoms with Gasteiger partial charge in [0.15, 0.2) is 0 Å². The normalized spacial score (nSPS) is 33.3. The molecular weight excluding hydrogens is 204 g/mol. The van der Waals surface area contributed by atoms with Crippen LogP contribution < -0.4 is 0 Å². The number of carboxylic acid groups (broad SMARTS) is 1. The number of carboxylic acids is 1. The van der Waals surface area contributed by atoms with Crippen LogP contribution in [0.3, 0.4) is 0 Å². The fourth-order valence-corrected chi connectivity index (χ4v) is 2.56. The van der Waals surface area contributed by atoms with Crippen molar-refractivity contribution in [2.45, 2.75) is 57.7 Å². The Bertz CT molecular complexity index is 296. The average Bonchev–Trinajstić information content (AvgIpc) is 3.02. The Morgan fingerprint density at radius 3 is 2.94 bits per heavy atom. The fraction of sp³-hybridized carbons (Fsp3) is 0.769. The molecule has 16 heavy (non-hydrogen) atoms. The Labute approximate surface area is 96.5 Å². The number of fused-ring (bicyclic) bond motifs is 1. The third-order valence-electron chi connectivity index (χ3n) is 3.72. The molecule has 0 radical (unpaired) electrons. The molecule has 0 aromatic rings. The van der Waals surface area contributed by atoms with Crippen LogP contribution in [-0.2, 0) is 9.53 Å². The summed E-state index contributed by atoms with van der Waals surface area (Å²) in [6.07, 6.45) is 9.96. The lowest BCUT2D eigenvalue weighted by Crippen LogP contribution is -2.13. The molecule has 2 aliphatic rings. The Balaban J connectivity index is 1.60. The summed E-state index contributed by atoms with van der Waals surface area (Å²) in [5.74, 6) is 0.00849. The third-order valence-corrected chi connectivity index (χ3v) is 3.72. The molecule has 0 aromatic heterocycles. The molecule has 2 rings (SSSR count). The van der Waals surface area contributed by atoms with Crippen LogP contribution in [-0.4, -0.2) is 23.3 Å². The van der Waals surface area contributed by atoms with E-state index in [1.54, 1.807) is 6.92 Å². The third kappa shape index (κ3) is 3.08. The van der Waals surface area contributed by atoms with E-state index in [4.69, 9.17) is 9.84 Å². The quantitative estimate of drug-likeness (QED) is 0.444. The molecule has 1 N–H and O–H groups in total. The largest absolute Gasteiger partial charge is 0.478 e. The number of carbonyl (C=O) groups is 1. The summed E-state index contributed by atoms with van der Waals surface area (Å²) in [5, 5.41) is 8.69. The van der Waals surface area contributed by atoms with Crippen molar-refractivity contribution in [3.8, 4) is 0 Å². The molecule has 1 saturated heterocycles. The van der Waals surface area contributed by atoms with Crippen molar-refractivity contribution in [3.05, 3.63) is 11.6 Å². The van der Waals surface area contributed by atoms with Crippen molar-refractivity contribution < 1.29 is 14.6 Å². The molecule has 3 nitrogen and oxygen atoms in total. The predicted octanol–water partition coefficient (Wildman–Crippen LogP) is 2.76. The number of hydrogen-bond acceptors (Lipinski definition) is 2. The highest BCUT2D eigenvalue weighted by Gasteiger charge is 2.43. The van der Waals surface area contributed by atoms with E-state index in [-0.39, 0.29) is 0 Å². The summed E-state index contributed by atoms with van der Waals surface area (Å²) < 4.78 is 5.49. The minimum Gasteiger partial charge on any atom is -0.478 e. The van der Waals surface area contributed by atoms with Gasteiger partial charge < -0.3 is 9.84 Å². The van der Waals surface area contributed by atoms with Crippen molar-refractivity contribution in [1.29, 1.82) is 0 Å². The Morgan fingerprint density at radius 1 is 1.44 bits per heavy atom. The minimum absolute atomic E-state index is 0.467. The Hall–Kier alpha value is -0.830. The zero-order chi connectivity index (χ0) is 11.5. The van der Waals surface area contributed by atoms with Gasteiger partial charge in [0, 0.05) is 5.57 Å². The summed E-state index contributed by atoms with van der Waals surface area (Å²) in [5.41, 5.74) is 0.467. The van der Waals surface area contributed by atoms with Gasteiger partial charge in [-0.1, -0.05) is 12.5 Å². The maximum atomic E-state index is 10.6. The van der Waals surface area contributed by atoms with Crippen LogP contribution in [0, 0.1) is 5.92 Å². The zero-order valence-corrected chi connectivity index (χ0v) is 9.82. The first-order valence-corrected chi connectivity index (χ1v) is 6.22. The summed E-state index contributed by atoms with van der Waals surface area (Å²) in [7, 11) is 0. The number of aliphatic carboxylic acids is 1. The highest BCUT2D eigenvalue weighted by Crippen LogP contribution is 2.41. The molecule has 3 heteroatoms. The Morgan fingerprint density at radius 2 is 2.25 bits per heavy atom. The second-order valence-electron chi connectivity index (χ2n) is 5.02.